The Labute approximate surface area is 161 Å². The molecule has 0 heterocycles. The third-order valence-corrected chi connectivity index (χ3v) is 6.02. The third kappa shape index (κ3) is 4.87. The Morgan fingerprint density at radius 1 is 0.889 bits per heavy atom. The maximum atomic E-state index is 12.7. The quantitative estimate of drug-likeness (QED) is 0.643. The average Bonchev–Trinajstić information content (AvgIpc) is 2.66. The van der Waals surface area contributed by atoms with Crippen molar-refractivity contribution in [3.8, 4) is 5.75 Å². The molecule has 4 nitrogen and oxygen atoms in total. The zero-order valence-electron chi connectivity index (χ0n) is 15.8. The lowest BCUT2D eigenvalue weighted by atomic mass is 10.0. The van der Waals surface area contributed by atoms with Crippen molar-refractivity contribution in [1.82, 2.24) is 4.72 Å². The highest BCUT2D eigenvalue weighted by molar-refractivity contribution is 7.89. The van der Waals surface area contributed by atoms with E-state index in [4.69, 9.17) is 4.74 Å². The minimum absolute atomic E-state index is 0.258. The summed E-state index contributed by atoms with van der Waals surface area (Å²) in [4.78, 5) is 0.259. The fourth-order valence-corrected chi connectivity index (χ4v) is 4.13. The molecule has 0 amide bonds. The fourth-order valence-electron chi connectivity index (χ4n) is 2.87. The van der Waals surface area contributed by atoms with Crippen molar-refractivity contribution in [2.75, 3.05) is 6.61 Å². The number of rotatable bonds is 7. The molecule has 0 spiro atoms. The Morgan fingerprint density at radius 2 is 1.56 bits per heavy atom. The summed E-state index contributed by atoms with van der Waals surface area (Å²) in [5.74, 6) is 1.20. The summed E-state index contributed by atoms with van der Waals surface area (Å²) in [5, 5.41) is 1.91. The van der Waals surface area contributed by atoms with E-state index in [-0.39, 0.29) is 17.5 Å². The molecule has 0 aliphatic rings. The Bertz CT molecular complexity index is 1010. The molecule has 1 unspecified atom stereocenters. The van der Waals surface area contributed by atoms with Crippen LogP contribution in [0.4, 0.5) is 0 Å². The molecule has 0 radical (unpaired) electrons. The monoisotopic (exact) mass is 383 g/mol. The van der Waals surface area contributed by atoms with Gasteiger partial charge in [-0.2, -0.15) is 0 Å². The first-order valence-corrected chi connectivity index (χ1v) is 10.6. The number of benzene rings is 3. The van der Waals surface area contributed by atoms with E-state index in [0.717, 1.165) is 16.5 Å². The highest BCUT2D eigenvalue weighted by Crippen LogP contribution is 2.20. The lowest BCUT2D eigenvalue weighted by Gasteiger charge is -2.16. The number of fused-ring (bicyclic) bond motifs is 1. The number of nitrogens with one attached hydrogen (secondary N) is 1. The molecular formula is C22H25NO3S. The minimum atomic E-state index is -3.60. The van der Waals surface area contributed by atoms with Crippen LogP contribution in [0.1, 0.15) is 32.3 Å². The Morgan fingerprint density at radius 3 is 2.22 bits per heavy atom. The van der Waals surface area contributed by atoms with Crippen molar-refractivity contribution in [2.24, 2.45) is 0 Å². The molecule has 0 aliphatic heterocycles. The van der Waals surface area contributed by atoms with E-state index in [1.807, 2.05) is 54.6 Å². The molecule has 0 aliphatic carbocycles. The van der Waals surface area contributed by atoms with Gasteiger partial charge in [0.15, 0.2) is 0 Å². The molecule has 5 heteroatoms. The first kappa shape index (κ1) is 19.4. The lowest BCUT2D eigenvalue weighted by molar-refractivity contribution is 0.287. The van der Waals surface area contributed by atoms with Gasteiger partial charge in [0.25, 0.3) is 0 Å². The van der Waals surface area contributed by atoms with E-state index in [2.05, 4.69) is 18.6 Å². The van der Waals surface area contributed by atoms with Crippen molar-refractivity contribution in [3.05, 3.63) is 72.3 Å². The molecule has 1 atom stereocenters. The first-order chi connectivity index (χ1) is 12.8. The Kier molecular flexibility index (Phi) is 5.82. The molecule has 1 N–H and O–H groups in total. The maximum absolute atomic E-state index is 12.7. The summed E-state index contributed by atoms with van der Waals surface area (Å²) in [6.45, 7) is 6.33. The van der Waals surface area contributed by atoms with E-state index in [0.29, 0.717) is 5.92 Å². The predicted octanol–water partition coefficient (Wildman–Crippen LogP) is 4.71. The summed E-state index contributed by atoms with van der Waals surface area (Å²) in [6.07, 6.45) is 0. The lowest BCUT2D eigenvalue weighted by Crippen LogP contribution is -2.36. The third-order valence-electron chi connectivity index (χ3n) is 4.43. The number of hydrogen-bond acceptors (Lipinski definition) is 3. The van der Waals surface area contributed by atoms with Crippen LogP contribution < -0.4 is 9.46 Å². The van der Waals surface area contributed by atoms with Crippen LogP contribution in [0.5, 0.6) is 5.75 Å². The van der Waals surface area contributed by atoms with Crippen molar-refractivity contribution < 1.29 is 13.2 Å². The van der Waals surface area contributed by atoms with Gasteiger partial charge >= 0.3 is 0 Å². The molecule has 142 valence electrons. The predicted molar refractivity (Wildman–Crippen MR) is 110 cm³/mol. The van der Waals surface area contributed by atoms with Gasteiger partial charge in [-0.25, -0.2) is 13.1 Å². The second kappa shape index (κ2) is 8.11. The summed E-state index contributed by atoms with van der Waals surface area (Å²) in [5.41, 5.74) is 1.24. The van der Waals surface area contributed by atoms with Gasteiger partial charge in [-0.15, -0.1) is 0 Å². The second-order valence-electron chi connectivity index (χ2n) is 7.07. The summed E-state index contributed by atoms with van der Waals surface area (Å²) >= 11 is 0. The zero-order valence-corrected chi connectivity index (χ0v) is 16.7. The van der Waals surface area contributed by atoms with E-state index in [1.54, 1.807) is 19.1 Å². The normalized spacial score (nSPS) is 13.0. The molecule has 3 aromatic carbocycles. The number of hydrogen-bond donors (Lipinski definition) is 1. The molecule has 3 rings (SSSR count). The maximum Gasteiger partial charge on any atom is 0.240 e. The largest absolute Gasteiger partial charge is 0.492 e. The van der Waals surface area contributed by atoms with Crippen LogP contribution in [0.15, 0.2) is 71.6 Å². The van der Waals surface area contributed by atoms with Crippen molar-refractivity contribution >= 4 is 20.8 Å². The number of ether oxygens (including phenoxy) is 1. The molecule has 0 fully saturated rings. The SMILES string of the molecule is CC(COc1ccc(C(C)C)cc1)NS(=O)(=O)c1ccc2ccccc2c1. The zero-order chi connectivity index (χ0) is 19.4. The molecule has 0 saturated heterocycles. The van der Waals surface area contributed by atoms with E-state index < -0.39 is 10.0 Å². The molecule has 27 heavy (non-hydrogen) atoms. The van der Waals surface area contributed by atoms with Gasteiger partial charge < -0.3 is 4.74 Å². The average molecular weight is 384 g/mol. The van der Waals surface area contributed by atoms with Crippen LogP contribution in [0.3, 0.4) is 0 Å². The van der Waals surface area contributed by atoms with Crippen LogP contribution in [0.25, 0.3) is 10.8 Å². The van der Waals surface area contributed by atoms with Crippen LogP contribution >= 0.6 is 0 Å². The summed E-state index contributed by atoms with van der Waals surface area (Å²) in [6, 6.07) is 20.4. The molecule has 3 aromatic rings. The van der Waals surface area contributed by atoms with E-state index in [9.17, 15) is 8.42 Å². The van der Waals surface area contributed by atoms with E-state index in [1.165, 1.54) is 5.56 Å². The van der Waals surface area contributed by atoms with Gasteiger partial charge in [0.05, 0.1) is 10.9 Å². The van der Waals surface area contributed by atoms with Gasteiger partial charge in [-0.3, -0.25) is 0 Å². The van der Waals surface area contributed by atoms with Crippen LogP contribution in [-0.4, -0.2) is 21.1 Å². The second-order valence-corrected chi connectivity index (χ2v) is 8.78. The van der Waals surface area contributed by atoms with Crippen molar-refractivity contribution in [1.29, 1.82) is 0 Å². The van der Waals surface area contributed by atoms with Crippen LogP contribution in [0, 0.1) is 0 Å². The van der Waals surface area contributed by atoms with Crippen LogP contribution in [-0.2, 0) is 10.0 Å². The Balaban J connectivity index is 1.64. The standard InChI is InChI=1S/C22H25NO3S/c1-16(2)18-8-11-21(12-9-18)26-15-17(3)23-27(24,25)22-13-10-19-6-4-5-7-20(19)14-22/h4-14,16-17,23H,15H2,1-3H3. The molecule has 0 bridgehead atoms. The highest BCUT2D eigenvalue weighted by atomic mass is 32.2. The summed E-state index contributed by atoms with van der Waals surface area (Å²) in [7, 11) is -3.60. The van der Waals surface area contributed by atoms with Gasteiger partial charge in [-0.1, -0.05) is 56.3 Å². The summed E-state index contributed by atoms with van der Waals surface area (Å²) < 4.78 is 33.7. The van der Waals surface area contributed by atoms with Gasteiger partial charge in [0.2, 0.25) is 10.0 Å². The molecule has 0 saturated carbocycles. The smallest absolute Gasteiger partial charge is 0.240 e. The number of sulfonamides is 1. The first-order valence-electron chi connectivity index (χ1n) is 9.09. The molecular weight excluding hydrogens is 358 g/mol. The van der Waals surface area contributed by atoms with Gasteiger partial charge in [0.1, 0.15) is 12.4 Å². The highest BCUT2D eigenvalue weighted by Gasteiger charge is 2.18. The molecule has 0 aromatic heterocycles. The van der Waals surface area contributed by atoms with Crippen molar-refractivity contribution in [2.45, 2.75) is 37.6 Å². The fraction of sp³-hybridized carbons (Fsp3) is 0.273. The topological polar surface area (TPSA) is 55.4 Å². The van der Waals surface area contributed by atoms with E-state index >= 15 is 0 Å². The van der Waals surface area contributed by atoms with Crippen LogP contribution in [0.2, 0.25) is 0 Å². The van der Waals surface area contributed by atoms with Gasteiger partial charge in [-0.05, 0) is 53.4 Å². The van der Waals surface area contributed by atoms with Crippen molar-refractivity contribution in [3.63, 3.8) is 0 Å². The Hall–Kier alpha value is -2.37. The minimum Gasteiger partial charge on any atom is -0.492 e. The van der Waals surface area contributed by atoms with Gasteiger partial charge in [0, 0.05) is 0 Å².